The molecule has 548 valence electrons. The first-order valence-corrected chi connectivity index (χ1v) is 35.5. The molecule has 2 unspecified atom stereocenters. The van der Waals surface area contributed by atoms with E-state index in [-0.39, 0.29) is 43.4 Å². The van der Waals surface area contributed by atoms with Crippen molar-refractivity contribution >= 4 is 65.0 Å². The summed E-state index contributed by atoms with van der Waals surface area (Å²) in [7, 11) is 10.1. The van der Waals surface area contributed by atoms with Gasteiger partial charge in [0.1, 0.15) is 66.5 Å². The van der Waals surface area contributed by atoms with E-state index in [1.165, 1.54) is 119 Å². The topological polar surface area (TPSA) is 285 Å². The third-order valence-corrected chi connectivity index (χ3v) is 20.2. The van der Waals surface area contributed by atoms with Gasteiger partial charge in [0.05, 0.1) is 6.10 Å². The number of piperazine rings is 1. The van der Waals surface area contributed by atoms with E-state index in [1.807, 2.05) is 61.5 Å². The summed E-state index contributed by atoms with van der Waals surface area (Å²) in [6.07, 6.45) is 6.93. The number of aliphatic hydroxyl groups is 1. The molecule has 5 N–H and O–H groups in total. The van der Waals surface area contributed by atoms with E-state index >= 15 is 33.6 Å². The quantitative estimate of drug-likeness (QED) is 0.122. The van der Waals surface area contributed by atoms with Crippen molar-refractivity contribution in [2.24, 2.45) is 41.4 Å². The molecule has 0 aromatic carbocycles. The zero-order valence-corrected chi connectivity index (χ0v) is 63.1. The number of carbonyl (C=O) groups is 11. The lowest BCUT2D eigenvalue weighted by molar-refractivity contribution is -0.157. The van der Waals surface area contributed by atoms with E-state index in [0.29, 0.717) is 25.4 Å². The Bertz CT molecular complexity index is 2660. The average molecular weight is 1350 g/mol. The summed E-state index contributed by atoms with van der Waals surface area (Å²) in [5, 5.41) is 23.6. The molecule has 2 saturated heterocycles. The van der Waals surface area contributed by atoms with Crippen LogP contribution < -0.4 is 21.3 Å². The highest BCUT2D eigenvalue weighted by atomic mass is 16.3. The van der Waals surface area contributed by atoms with Gasteiger partial charge in [0.15, 0.2) is 0 Å². The van der Waals surface area contributed by atoms with Crippen molar-refractivity contribution in [2.75, 3.05) is 82.1 Å². The van der Waals surface area contributed by atoms with Crippen LogP contribution in [0.25, 0.3) is 0 Å². The highest BCUT2D eigenvalue weighted by Gasteiger charge is 2.47. The number of likely N-dealkylation sites (N-methyl/N-ethyl adjacent to an activating group) is 7. The lowest BCUT2D eigenvalue weighted by Crippen LogP contribution is -2.64. The number of hydrogen-bond donors (Lipinski definition) is 5. The maximum Gasteiger partial charge on any atom is 0.246 e. The van der Waals surface area contributed by atoms with Gasteiger partial charge in [0.25, 0.3) is 0 Å². The molecular weight excluding hydrogens is 1230 g/mol. The minimum atomic E-state index is -1.62. The number of amides is 11. The fraction of sp³-hybridized carbons (Fsp3) is 0.817. The standard InChI is InChI=1S/C71H127N13O12/c1-25-27-29-46(13)60(85)59-64(89)74-52(26-2)67(92)76(18)50(17)66(91)81(23)58(47(14)40-83-34-36-84(37-35-83)51-30-28-31-51)63(88)75-56(44(9)10)70(95)78(20)54(38-42(5)6)62(87)72-48(15)61(86)73-49(16)65(90)79(21)55(39-43(7)8)69(94)77(19)53(33-32-41(3)4)68(93)80(22)57(45(11)12)71(96)82(59)24/h25,27,41-60,85H,26,28-40H2,1-24H3,(H,72,87)(H,73,86)(H,74,89)(H,75,88)/b27-25+/t46-,47-,48+,49-,50-,52+,53+,54+,55+,56?,57?,58+,59+,60-/m1/s1. The van der Waals surface area contributed by atoms with Crippen LogP contribution in [-0.2, 0) is 52.7 Å². The monoisotopic (exact) mass is 1350 g/mol. The second kappa shape index (κ2) is 38.2. The molecule has 11 amide bonds. The molecule has 1 saturated carbocycles. The van der Waals surface area contributed by atoms with Crippen molar-refractivity contribution in [2.45, 2.75) is 254 Å². The first-order valence-electron chi connectivity index (χ1n) is 35.5. The summed E-state index contributed by atoms with van der Waals surface area (Å²) in [6.45, 7) is 33.6. The molecular formula is C71H127N13O12. The number of aliphatic hydroxyl groups excluding tert-OH is 1. The lowest BCUT2D eigenvalue weighted by Gasteiger charge is -2.44. The van der Waals surface area contributed by atoms with Crippen LogP contribution in [0.5, 0.6) is 0 Å². The van der Waals surface area contributed by atoms with Crippen molar-refractivity contribution in [1.82, 2.24) is 65.4 Å². The van der Waals surface area contributed by atoms with Gasteiger partial charge in [-0.2, -0.15) is 0 Å². The Hall–Kier alpha value is -6.21. The highest BCUT2D eigenvalue weighted by Crippen LogP contribution is 2.28. The normalized spacial score (nSPS) is 28.5. The van der Waals surface area contributed by atoms with Crippen molar-refractivity contribution < 1.29 is 57.8 Å². The van der Waals surface area contributed by atoms with E-state index in [0.717, 1.165) is 31.1 Å². The minimum absolute atomic E-state index is 0.0139. The van der Waals surface area contributed by atoms with E-state index in [2.05, 4.69) is 31.1 Å². The number of allylic oxidation sites excluding steroid dienone is 2. The molecule has 1 aliphatic carbocycles. The van der Waals surface area contributed by atoms with E-state index in [9.17, 15) is 24.3 Å². The van der Waals surface area contributed by atoms with Gasteiger partial charge in [-0.15, -0.1) is 0 Å². The Morgan fingerprint density at radius 2 is 0.990 bits per heavy atom. The average Bonchev–Trinajstić information content (AvgIpc) is 0.807. The van der Waals surface area contributed by atoms with Crippen LogP contribution in [0.3, 0.4) is 0 Å². The lowest BCUT2D eigenvalue weighted by atomic mass is 9.91. The molecule has 2 heterocycles. The molecule has 0 aromatic rings. The van der Waals surface area contributed by atoms with Gasteiger partial charge in [0.2, 0.25) is 65.0 Å². The number of carbonyl (C=O) groups excluding carboxylic acids is 11. The van der Waals surface area contributed by atoms with Gasteiger partial charge in [-0.05, 0) is 120 Å². The summed E-state index contributed by atoms with van der Waals surface area (Å²) in [5.41, 5.74) is 0. The first kappa shape index (κ1) is 84.0. The summed E-state index contributed by atoms with van der Waals surface area (Å²) in [5.74, 6) is -9.83. The maximum absolute atomic E-state index is 15.4. The van der Waals surface area contributed by atoms with Crippen molar-refractivity contribution in [3.8, 4) is 0 Å². The van der Waals surface area contributed by atoms with E-state index in [1.54, 1.807) is 47.6 Å². The summed E-state index contributed by atoms with van der Waals surface area (Å²) >= 11 is 0. The number of nitrogens with zero attached hydrogens (tertiary/aromatic N) is 9. The zero-order chi connectivity index (χ0) is 73.2. The van der Waals surface area contributed by atoms with Crippen LogP contribution in [0, 0.1) is 41.4 Å². The van der Waals surface area contributed by atoms with Gasteiger partial charge < -0.3 is 65.6 Å². The minimum Gasteiger partial charge on any atom is -0.390 e. The van der Waals surface area contributed by atoms with Crippen LogP contribution in [-0.4, -0.2) is 275 Å². The molecule has 0 aromatic heterocycles. The van der Waals surface area contributed by atoms with Crippen molar-refractivity contribution in [1.29, 1.82) is 0 Å². The molecule has 0 bridgehead atoms. The Labute approximate surface area is 575 Å². The number of nitrogens with one attached hydrogen (secondary N) is 4. The van der Waals surface area contributed by atoms with Crippen molar-refractivity contribution in [3.63, 3.8) is 0 Å². The molecule has 3 rings (SSSR count). The Balaban J connectivity index is 2.34. The van der Waals surface area contributed by atoms with Gasteiger partial charge in [0, 0.05) is 88.1 Å². The molecule has 0 radical (unpaired) electrons. The van der Waals surface area contributed by atoms with Crippen molar-refractivity contribution in [3.05, 3.63) is 12.2 Å². The SMILES string of the molecule is C/C=C/C[C@@H](C)[C@@H](O)[C@H]1C(=O)N[C@@H](CC)C(=O)N(C)[C@H](C)C(=O)N(C)[C@@H]([C@H](C)CN2CCN(C3CCC3)CC2)C(=O)NC(C(C)C)C(=O)N(C)[C@@H](CC(C)C)C(=O)N[C@@H](C)C(=O)N[C@H](C)C(=O)N(C)[C@@H](CC(C)C)C(=O)N(C)[C@@H](CCC(C)C)C(=O)N(C)C(C(C)C)C(=O)N1C. The fourth-order valence-electron chi connectivity index (χ4n) is 13.5. The van der Waals surface area contributed by atoms with Gasteiger partial charge in [-0.1, -0.05) is 109 Å². The number of rotatable bonds is 18. The van der Waals surface area contributed by atoms with Gasteiger partial charge in [-0.3, -0.25) is 57.6 Å². The first-order chi connectivity index (χ1) is 44.7. The summed E-state index contributed by atoms with van der Waals surface area (Å²) in [4.78, 5) is 178. The van der Waals surface area contributed by atoms with Crippen LogP contribution in [0.15, 0.2) is 12.2 Å². The largest absolute Gasteiger partial charge is 0.390 e. The maximum atomic E-state index is 15.4. The van der Waals surface area contributed by atoms with Gasteiger partial charge >= 0.3 is 0 Å². The summed E-state index contributed by atoms with van der Waals surface area (Å²) < 4.78 is 0. The van der Waals surface area contributed by atoms with Crippen LogP contribution in [0.2, 0.25) is 0 Å². The molecule has 2 aliphatic heterocycles. The van der Waals surface area contributed by atoms with Crippen LogP contribution in [0.1, 0.15) is 175 Å². The van der Waals surface area contributed by atoms with Crippen LogP contribution >= 0.6 is 0 Å². The Morgan fingerprint density at radius 3 is 1.49 bits per heavy atom. The Morgan fingerprint density at radius 1 is 0.490 bits per heavy atom. The van der Waals surface area contributed by atoms with Crippen LogP contribution in [0.4, 0.5) is 0 Å². The molecule has 25 heteroatoms. The third-order valence-electron chi connectivity index (χ3n) is 20.2. The summed E-state index contributed by atoms with van der Waals surface area (Å²) in [6, 6.07) is -13.2. The number of hydrogen-bond acceptors (Lipinski definition) is 14. The Kier molecular flexibility index (Phi) is 33.5. The predicted octanol–water partition coefficient (Wildman–Crippen LogP) is 3.81. The van der Waals surface area contributed by atoms with Gasteiger partial charge in [-0.25, -0.2) is 0 Å². The smallest absolute Gasteiger partial charge is 0.246 e. The molecule has 0 spiro atoms. The third kappa shape index (κ3) is 22.1. The second-order valence-electron chi connectivity index (χ2n) is 30.0. The second-order valence-corrected chi connectivity index (χ2v) is 30.0. The zero-order valence-electron chi connectivity index (χ0n) is 63.1. The van der Waals surface area contributed by atoms with E-state index in [4.69, 9.17) is 0 Å². The molecule has 25 nitrogen and oxygen atoms in total. The molecule has 3 fully saturated rings. The molecule has 14 atom stereocenters. The predicted molar refractivity (Wildman–Crippen MR) is 373 cm³/mol. The molecule has 96 heavy (non-hydrogen) atoms. The molecule has 3 aliphatic rings. The van der Waals surface area contributed by atoms with E-state index < -0.39 is 161 Å². The highest BCUT2D eigenvalue weighted by molar-refractivity contribution is 6.00. The fourth-order valence-corrected chi connectivity index (χ4v) is 13.5.